The number of amides is 1. The van der Waals surface area contributed by atoms with Crippen molar-refractivity contribution < 1.29 is 19.0 Å². The van der Waals surface area contributed by atoms with E-state index in [0.717, 1.165) is 23.5 Å². The van der Waals surface area contributed by atoms with E-state index < -0.39 is 0 Å². The first-order valence-electron chi connectivity index (χ1n) is 11.2. The van der Waals surface area contributed by atoms with Gasteiger partial charge >= 0.3 is 0 Å². The number of benzene rings is 2. The van der Waals surface area contributed by atoms with Crippen LogP contribution < -0.4 is 24.8 Å². The number of hydrogen-bond donors (Lipinski definition) is 2. The molecule has 0 spiro atoms. The third-order valence-electron chi connectivity index (χ3n) is 6.38. The van der Waals surface area contributed by atoms with Crippen molar-refractivity contribution in [3.63, 3.8) is 0 Å². The van der Waals surface area contributed by atoms with Gasteiger partial charge in [-0.1, -0.05) is 12.1 Å². The maximum atomic E-state index is 13.2. The largest absolute Gasteiger partial charge is 0.497 e. The summed E-state index contributed by atoms with van der Waals surface area (Å²) in [6.07, 6.45) is 2.39. The number of para-hydroxylation sites is 1. The van der Waals surface area contributed by atoms with Crippen molar-refractivity contribution in [1.82, 2.24) is 10.2 Å². The maximum Gasteiger partial charge on any atom is 0.225 e. The lowest BCUT2D eigenvalue weighted by Crippen LogP contribution is -2.37. The Hall–Kier alpha value is -3.00. The molecule has 2 fully saturated rings. The lowest BCUT2D eigenvalue weighted by atomic mass is 9.87. The summed E-state index contributed by atoms with van der Waals surface area (Å²) in [4.78, 5) is 15.3. The molecule has 0 radical (unpaired) electrons. The van der Waals surface area contributed by atoms with Gasteiger partial charge in [0, 0.05) is 36.8 Å². The lowest BCUT2D eigenvalue weighted by Gasteiger charge is -2.22. The molecule has 0 bridgehead atoms. The minimum atomic E-state index is -0.250. The van der Waals surface area contributed by atoms with E-state index in [-0.39, 0.29) is 17.7 Å². The van der Waals surface area contributed by atoms with E-state index in [1.807, 2.05) is 42.5 Å². The lowest BCUT2D eigenvalue weighted by molar-refractivity contribution is -0.125. The molecule has 33 heavy (non-hydrogen) atoms. The van der Waals surface area contributed by atoms with Crippen molar-refractivity contribution in [3.8, 4) is 17.2 Å². The molecule has 1 saturated carbocycles. The Kier molecular flexibility index (Phi) is 7.23. The highest BCUT2D eigenvalue weighted by Crippen LogP contribution is 2.42. The second kappa shape index (κ2) is 10.3. The van der Waals surface area contributed by atoms with Crippen LogP contribution in [0.4, 0.5) is 5.69 Å². The van der Waals surface area contributed by atoms with E-state index in [1.165, 1.54) is 12.8 Å². The summed E-state index contributed by atoms with van der Waals surface area (Å²) < 4.78 is 16.4. The SMILES string of the molecule is COc1ccc(NC(=S)N2CC(C(=O)NCC3CC3)C(c3cccc(OC)c3OC)C2)cc1. The molecular weight excluding hydrogens is 438 g/mol. The molecule has 1 amide bonds. The zero-order valence-electron chi connectivity index (χ0n) is 19.3. The highest BCUT2D eigenvalue weighted by atomic mass is 32.1. The molecule has 2 aliphatic rings. The first-order valence-corrected chi connectivity index (χ1v) is 11.6. The molecule has 2 atom stereocenters. The Morgan fingerprint density at radius 2 is 1.79 bits per heavy atom. The van der Waals surface area contributed by atoms with Crippen LogP contribution in [-0.4, -0.2) is 56.9 Å². The van der Waals surface area contributed by atoms with Crippen molar-refractivity contribution in [2.24, 2.45) is 11.8 Å². The van der Waals surface area contributed by atoms with Crippen LogP contribution in [0.5, 0.6) is 17.2 Å². The number of methoxy groups -OCH3 is 3. The predicted octanol–water partition coefficient (Wildman–Crippen LogP) is 3.65. The molecule has 2 unspecified atom stereocenters. The summed E-state index contributed by atoms with van der Waals surface area (Å²) in [5, 5.41) is 7.04. The second-order valence-electron chi connectivity index (χ2n) is 8.55. The van der Waals surface area contributed by atoms with Crippen LogP contribution >= 0.6 is 12.2 Å². The summed E-state index contributed by atoms with van der Waals surface area (Å²) in [5.41, 5.74) is 1.83. The molecule has 2 N–H and O–H groups in total. The van der Waals surface area contributed by atoms with Crippen LogP contribution in [-0.2, 0) is 4.79 Å². The smallest absolute Gasteiger partial charge is 0.225 e. The summed E-state index contributed by atoms with van der Waals surface area (Å²) in [7, 11) is 4.89. The third-order valence-corrected chi connectivity index (χ3v) is 6.74. The highest BCUT2D eigenvalue weighted by molar-refractivity contribution is 7.80. The standard InChI is InChI=1S/C25H31N3O4S/c1-30-18-11-9-17(10-12-18)27-25(33)28-14-20(19-5-4-6-22(31-2)23(19)32-3)21(15-28)24(29)26-13-16-7-8-16/h4-6,9-12,16,20-21H,7-8,13-15H2,1-3H3,(H,26,29)(H,27,33). The number of carbonyl (C=O) groups is 1. The van der Waals surface area contributed by atoms with Gasteiger partial charge in [0.25, 0.3) is 0 Å². The van der Waals surface area contributed by atoms with Crippen molar-refractivity contribution in [3.05, 3.63) is 48.0 Å². The minimum absolute atomic E-state index is 0.0616. The molecule has 1 heterocycles. The van der Waals surface area contributed by atoms with Crippen molar-refractivity contribution in [2.75, 3.05) is 46.3 Å². The Morgan fingerprint density at radius 1 is 1.03 bits per heavy atom. The van der Waals surface area contributed by atoms with E-state index in [0.29, 0.717) is 35.6 Å². The Balaban J connectivity index is 1.55. The van der Waals surface area contributed by atoms with Crippen LogP contribution in [0.25, 0.3) is 0 Å². The van der Waals surface area contributed by atoms with Gasteiger partial charge in [0.15, 0.2) is 16.6 Å². The minimum Gasteiger partial charge on any atom is -0.497 e. The fraction of sp³-hybridized carbons (Fsp3) is 0.440. The Bertz CT molecular complexity index is 994. The van der Waals surface area contributed by atoms with Gasteiger partial charge in [-0.05, 0) is 61.3 Å². The van der Waals surface area contributed by atoms with Crippen LogP contribution in [0.2, 0.25) is 0 Å². The molecule has 7 nitrogen and oxygen atoms in total. The van der Waals surface area contributed by atoms with E-state index in [2.05, 4.69) is 15.5 Å². The predicted molar refractivity (Wildman–Crippen MR) is 132 cm³/mol. The van der Waals surface area contributed by atoms with E-state index in [4.69, 9.17) is 26.4 Å². The molecule has 1 saturated heterocycles. The van der Waals surface area contributed by atoms with E-state index >= 15 is 0 Å². The quantitative estimate of drug-likeness (QED) is 0.572. The monoisotopic (exact) mass is 469 g/mol. The summed E-state index contributed by atoms with van der Waals surface area (Å²) in [6.45, 7) is 1.88. The average Bonchev–Trinajstić information content (AvgIpc) is 3.57. The number of rotatable bonds is 8. The summed E-state index contributed by atoms with van der Waals surface area (Å²) in [5.74, 6) is 2.46. The number of ether oxygens (including phenoxy) is 3. The average molecular weight is 470 g/mol. The van der Waals surface area contributed by atoms with E-state index in [1.54, 1.807) is 21.3 Å². The first-order chi connectivity index (χ1) is 16.0. The van der Waals surface area contributed by atoms with Gasteiger partial charge in [-0.15, -0.1) is 0 Å². The van der Waals surface area contributed by atoms with Crippen molar-refractivity contribution in [1.29, 1.82) is 0 Å². The molecule has 4 rings (SSSR count). The molecular formula is C25H31N3O4S. The van der Waals surface area contributed by atoms with Gasteiger partial charge in [0.1, 0.15) is 5.75 Å². The van der Waals surface area contributed by atoms with E-state index in [9.17, 15) is 4.79 Å². The number of carbonyl (C=O) groups excluding carboxylic acids is 1. The van der Waals surface area contributed by atoms with Crippen LogP contribution in [0.1, 0.15) is 24.3 Å². The highest BCUT2D eigenvalue weighted by Gasteiger charge is 2.41. The molecule has 176 valence electrons. The fourth-order valence-electron chi connectivity index (χ4n) is 4.33. The Labute approximate surface area is 200 Å². The van der Waals surface area contributed by atoms with Crippen molar-refractivity contribution >= 4 is 28.9 Å². The number of nitrogens with one attached hydrogen (secondary N) is 2. The molecule has 8 heteroatoms. The number of hydrogen-bond acceptors (Lipinski definition) is 5. The molecule has 1 aliphatic heterocycles. The molecule has 1 aliphatic carbocycles. The zero-order valence-corrected chi connectivity index (χ0v) is 20.1. The van der Waals surface area contributed by atoms with Crippen LogP contribution in [0, 0.1) is 11.8 Å². The van der Waals surface area contributed by atoms with Crippen molar-refractivity contribution in [2.45, 2.75) is 18.8 Å². The molecule has 0 aromatic heterocycles. The summed E-state index contributed by atoms with van der Waals surface area (Å²) >= 11 is 5.72. The number of likely N-dealkylation sites (tertiary alicyclic amines) is 1. The van der Waals surface area contributed by atoms with Gasteiger partial charge in [0.05, 0.1) is 27.2 Å². The number of nitrogens with zero attached hydrogens (tertiary/aromatic N) is 1. The first kappa shape index (κ1) is 23.2. The van der Waals surface area contributed by atoms with Gasteiger partial charge < -0.3 is 29.7 Å². The maximum absolute atomic E-state index is 13.2. The summed E-state index contributed by atoms with van der Waals surface area (Å²) in [6, 6.07) is 13.4. The number of anilines is 1. The number of thiocarbonyl (C=S) groups is 1. The Morgan fingerprint density at radius 3 is 2.42 bits per heavy atom. The zero-order chi connectivity index (χ0) is 23.4. The normalized spacial score (nSPS) is 19.7. The molecule has 2 aromatic carbocycles. The van der Waals surface area contributed by atoms with Gasteiger partial charge in [-0.25, -0.2) is 0 Å². The van der Waals surface area contributed by atoms with Gasteiger partial charge in [0.2, 0.25) is 5.91 Å². The van der Waals surface area contributed by atoms with Gasteiger partial charge in [-0.2, -0.15) is 0 Å². The fourth-order valence-corrected chi connectivity index (χ4v) is 4.60. The molecule has 2 aromatic rings. The second-order valence-corrected chi connectivity index (χ2v) is 8.93. The van der Waals surface area contributed by atoms with Gasteiger partial charge in [-0.3, -0.25) is 4.79 Å². The third kappa shape index (κ3) is 5.33. The van der Waals surface area contributed by atoms with Crippen LogP contribution in [0.3, 0.4) is 0 Å². The topological polar surface area (TPSA) is 72.1 Å². The van der Waals surface area contributed by atoms with Crippen LogP contribution in [0.15, 0.2) is 42.5 Å².